The Hall–Kier alpha value is -2.12. The Bertz CT molecular complexity index is 757. The molecule has 150 valence electrons. The van der Waals surface area contributed by atoms with Crippen molar-refractivity contribution in [3.05, 3.63) is 41.4 Å². The van der Waals surface area contributed by atoms with Crippen LogP contribution < -0.4 is 9.64 Å². The summed E-state index contributed by atoms with van der Waals surface area (Å²) in [5, 5.41) is 2.96. The lowest BCUT2D eigenvalue weighted by Crippen LogP contribution is -2.53. The van der Waals surface area contributed by atoms with E-state index in [1.807, 2.05) is 35.5 Å². The fourth-order valence-corrected chi connectivity index (χ4v) is 4.78. The summed E-state index contributed by atoms with van der Waals surface area (Å²) in [5.74, 6) is 1.19. The average molecular weight is 401 g/mol. The molecule has 7 heteroatoms. The minimum Gasteiger partial charge on any atom is -0.494 e. The molecule has 0 N–H and O–H groups in total. The Morgan fingerprint density at radius 2 is 1.96 bits per heavy atom. The monoisotopic (exact) mass is 400 g/mol. The molecule has 6 nitrogen and oxygen atoms in total. The molecule has 1 aromatic carbocycles. The highest BCUT2D eigenvalue weighted by Gasteiger charge is 2.35. The van der Waals surface area contributed by atoms with Crippen molar-refractivity contribution in [2.24, 2.45) is 0 Å². The van der Waals surface area contributed by atoms with E-state index in [1.54, 1.807) is 11.3 Å². The Morgan fingerprint density at radius 1 is 1.18 bits per heavy atom. The maximum atomic E-state index is 13.1. The van der Waals surface area contributed by atoms with Gasteiger partial charge in [-0.25, -0.2) is 4.98 Å². The Labute approximate surface area is 170 Å². The summed E-state index contributed by atoms with van der Waals surface area (Å²) in [4.78, 5) is 24.2. The molecule has 1 unspecified atom stereocenters. The number of rotatable bonds is 6. The van der Waals surface area contributed by atoms with Crippen LogP contribution in [0.1, 0.15) is 25.3 Å². The smallest absolute Gasteiger partial charge is 0.245 e. The molecule has 2 fully saturated rings. The molecular formula is C21H28N4O2S. The zero-order chi connectivity index (χ0) is 19.3. The molecule has 0 saturated carbocycles. The van der Waals surface area contributed by atoms with Crippen molar-refractivity contribution < 1.29 is 9.53 Å². The SMILES string of the molecule is CCOc1ccc(CN2CCN(C(=O)C3CCCN3c3nccs3)CC2)cc1. The number of carbonyl (C=O) groups excluding carboxylic acids is 1. The van der Waals surface area contributed by atoms with Crippen molar-refractivity contribution in [3.8, 4) is 5.75 Å². The van der Waals surface area contributed by atoms with Gasteiger partial charge in [-0.2, -0.15) is 0 Å². The third-order valence-corrected chi connectivity index (χ3v) is 6.34. The highest BCUT2D eigenvalue weighted by molar-refractivity contribution is 7.13. The predicted molar refractivity (Wildman–Crippen MR) is 112 cm³/mol. The third kappa shape index (κ3) is 4.31. The first-order valence-electron chi connectivity index (χ1n) is 10.1. The number of piperazine rings is 1. The second kappa shape index (κ2) is 8.92. The van der Waals surface area contributed by atoms with Crippen molar-refractivity contribution in [1.82, 2.24) is 14.8 Å². The summed E-state index contributed by atoms with van der Waals surface area (Å²) in [6.07, 6.45) is 3.82. The highest BCUT2D eigenvalue weighted by atomic mass is 32.1. The fourth-order valence-electron chi connectivity index (χ4n) is 4.06. The van der Waals surface area contributed by atoms with Gasteiger partial charge in [0.05, 0.1) is 6.61 Å². The second-order valence-electron chi connectivity index (χ2n) is 7.34. The van der Waals surface area contributed by atoms with Crippen molar-refractivity contribution >= 4 is 22.4 Å². The number of hydrogen-bond acceptors (Lipinski definition) is 6. The van der Waals surface area contributed by atoms with Crippen molar-refractivity contribution in [2.75, 3.05) is 44.2 Å². The standard InChI is InChI=1S/C21H28N4O2S/c1-2-27-18-7-5-17(6-8-18)16-23-11-13-24(14-12-23)20(26)19-4-3-10-25(19)21-22-9-15-28-21/h5-9,15,19H,2-4,10-14,16H2,1H3. The van der Waals surface area contributed by atoms with Gasteiger partial charge >= 0.3 is 0 Å². The molecule has 2 aliphatic rings. The molecule has 3 heterocycles. The number of hydrogen-bond donors (Lipinski definition) is 0. The van der Waals surface area contributed by atoms with Gasteiger partial charge < -0.3 is 14.5 Å². The summed E-state index contributed by atoms with van der Waals surface area (Å²) in [6, 6.07) is 8.29. The van der Waals surface area contributed by atoms with Gasteiger partial charge in [-0.1, -0.05) is 12.1 Å². The van der Waals surface area contributed by atoms with Gasteiger partial charge in [-0.15, -0.1) is 11.3 Å². The van der Waals surface area contributed by atoms with Gasteiger partial charge in [0.1, 0.15) is 11.8 Å². The number of benzene rings is 1. The van der Waals surface area contributed by atoms with E-state index in [4.69, 9.17) is 4.74 Å². The van der Waals surface area contributed by atoms with Crippen LogP contribution >= 0.6 is 11.3 Å². The largest absolute Gasteiger partial charge is 0.494 e. The normalized spacial score (nSPS) is 20.5. The van der Waals surface area contributed by atoms with E-state index >= 15 is 0 Å². The van der Waals surface area contributed by atoms with Gasteiger partial charge in [0.15, 0.2) is 5.13 Å². The van der Waals surface area contributed by atoms with Gasteiger partial charge in [-0.05, 0) is 37.5 Å². The predicted octanol–water partition coefficient (Wildman–Crippen LogP) is 2.86. The zero-order valence-corrected chi connectivity index (χ0v) is 17.2. The number of amides is 1. The number of ether oxygens (including phenoxy) is 1. The highest BCUT2D eigenvalue weighted by Crippen LogP contribution is 2.28. The lowest BCUT2D eigenvalue weighted by atomic mass is 10.1. The number of carbonyl (C=O) groups is 1. The molecule has 1 atom stereocenters. The average Bonchev–Trinajstić information content (AvgIpc) is 3.41. The van der Waals surface area contributed by atoms with E-state index in [9.17, 15) is 4.79 Å². The van der Waals surface area contributed by atoms with E-state index < -0.39 is 0 Å². The lowest BCUT2D eigenvalue weighted by molar-refractivity contribution is -0.134. The van der Waals surface area contributed by atoms with E-state index in [0.29, 0.717) is 6.61 Å². The summed E-state index contributed by atoms with van der Waals surface area (Å²) in [5.41, 5.74) is 1.29. The molecule has 1 aromatic heterocycles. The van der Waals surface area contributed by atoms with E-state index in [2.05, 4.69) is 26.9 Å². The van der Waals surface area contributed by atoms with Gasteiger partial charge in [0, 0.05) is 50.8 Å². The molecular weight excluding hydrogens is 372 g/mol. The van der Waals surface area contributed by atoms with Crippen LogP contribution in [-0.2, 0) is 11.3 Å². The minimum absolute atomic E-state index is 0.0381. The first-order valence-corrected chi connectivity index (χ1v) is 11.0. The Morgan fingerprint density at radius 3 is 2.64 bits per heavy atom. The zero-order valence-electron chi connectivity index (χ0n) is 16.4. The summed E-state index contributed by atoms with van der Waals surface area (Å²) < 4.78 is 5.51. The molecule has 1 amide bonds. The maximum Gasteiger partial charge on any atom is 0.245 e. The van der Waals surface area contributed by atoms with Gasteiger partial charge in [0.2, 0.25) is 5.91 Å². The molecule has 2 aliphatic heterocycles. The third-order valence-electron chi connectivity index (χ3n) is 5.53. The van der Waals surface area contributed by atoms with Crippen molar-refractivity contribution in [3.63, 3.8) is 0 Å². The molecule has 28 heavy (non-hydrogen) atoms. The number of nitrogens with zero attached hydrogens (tertiary/aromatic N) is 4. The summed E-state index contributed by atoms with van der Waals surface area (Å²) in [6.45, 7) is 7.99. The van der Waals surface area contributed by atoms with Crippen molar-refractivity contribution in [2.45, 2.75) is 32.4 Å². The van der Waals surface area contributed by atoms with Crippen LogP contribution in [0.3, 0.4) is 0 Å². The molecule has 4 rings (SSSR count). The van der Waals surface area contributed by atoms with Crippen LogP contribution in [-0.4, -0.2) is 66.1 Å². The van der Waals surface area contributed by atoms with Crippen LogP contribution in [0.15, 0.2) is 35.8 Å². The number of thiazole rings is 1. The molecule has 2 saturated heterocycles. The number of aromatic nitrogens is 1. The molecule has 0 radical (unpaired) electrons. The first-order chi connectivity index (χ1) is 13.7. The van der Waals surface area contributed by atoms with Crippen LogP contribution in [0.25, 0.3) is 0 Å². The minimum atomic E-state index is -0.0381. The lowest BCUT2D eigenvalue weighted by Gasteiger charge is -2.37. The maximum absolute atomic E-state index is 13.1. The van der Waals surface area contributed by atoms with Crippen LogP contribution in [0.5, 0.6) is 5.75 Å². The van der Waals surface area contributed by atoms with E-state index in [1.165, 1.54) is 5.56 Å². The van der Waals surface area contributed by atoms with Crippen LogP contribution in [0.4, 0.5) is 5.13 Å². The van der Waals surface area contributed by atoms with Crippen molar-refractivity contribution in [1.29, 1.82) is 0 Å². The Kier molecular flexibility index (Phi) is 6.12. The summed E-state index contributed by atoms with van der Waals surface area (Å²) >= 11 is 1.62. The molecule has 0 spiro atoms. The second-order valence-corrected chi connectivity index (χ2v) is 8.22. The van der Waals surface area contributed by atoms with Crippen LogP contribution in [0, 0.1) is 0 Å². The molecule has 0 bridgehead atoms. The molecule has 2 aromatic rings. The van der Waals surface area contributed by atoms with E-state index in [-0.39, 0.29) is 11.9 Å². The van der Waals surface area contributed by atoms with Gasteiger partial charge in [0.25, 0.3) is 0 Å². The van der Waals surface area contributed by atoms with Gasteiger partial charge in [-0.3, -0.25) is 9.69 Å². The molecule has 0 aliphatic carbocycles. The quantitative estimate of drug-likeness (QED) is 0.746. The fraction of sp³-hybridized carbons (Fsp3) is 0.524. The summed E-state index contributed by atoms with van der Waals surface area (Å²) in [7, 11) is 0. The van der Waals surface area contributed by atoms with E-state index in [0.717, 1.165) is 63.0 Å². The Balaban J connectivity index is 1.29. The first kappa shape index (κ1) is 19.2. The number of anilines is 1. The van der Waals surface area contributed by atoms with Crippen LogP contribution in [0.2, 0.25) is 0 Å². The topological polar surface area (TPSA) is 48.9 Å².